The van der Waals surface area contributed by atoms with Crippen molar-refractivity contribution in [2.45, 2.75) is 17.9 Å². The fraction of sp³-hybridized carbons (Fsp3) is 0.0909. The van der Waals surface area contributed by atoms with Gasteiger partial charge in [-0.25, -0.2) is 22.7 Å². The van der Waals surface area contributed by atoms with Crippen LogP contribution in [-0.4, -0.2) is 20.3 Å². The molecular formula is C22H19FN2O5S. The van der Waals surface area contributed by atoms with E-state index in [1.807, 2.05) is 0 Å². The van der Waals surface area contributed by atoms with E-state index in [1.165, 1.54) is 36.4 Å². The van der Waals surface area contributed by atoms with Gasteiger partial charge in [0.25, 0.3) is 5.91 Å². The SMILES string of the molecule is Cc1ccc(S(N)(=O)=O)cc1C(=O)OC(C(=O)Nc1ccc(F)cc1)c1ccccc1. The summed E-state index contributed by atoms with van der Waals surface area (Å²) in [5.74, 6) is -2.02. The van der Waals surface area contributed by atoms with E-state index >= 15 is 0 Å². The van der Waals surface area contributed by atoms with Crippen LogP contribution in [0.25, 0.3) is 0 Å². The van der Waals surface area contributed by atoms with Crippen LogP contribution in [0.15, 0.2) is 77.7 Å². The van der Waals surface area contributed by atoms with Crippen molar-refractivity contribution in [2.24, 2.45) is 5.14 Å². The maximum Gasteiger partial charge on any atom is 0.339 e. The summed E-state index contributed by atoms with van der Waals surface area (Å²) in [6.07, 6.45) is -1.34. The van der Waals surface area contributed by atoms with Crippen molar-refractivity contribution in [3.8, 4) is 0 Å². The molecule has 0 aromatic heterocycles. The van der Waals surface area contributed by atoms with Gasteiger partial charge in [0.05, 0.1) is 10.5 Å². The predicted octanol–water partition coefficient (Wildman–Crippen LogP) is 3.32. The summed E-state index contributed by atoms with van der Waals surface area (Å²) in [5.41, 5.74) is 1.12. The van der Waals surface area contributed by atoms with Crippen molar-refractivity contribution in [3.63, 3.8) is 0 Å². The number of hydrogen-bond acceptors (Lipinski definition) is 5. The Balaban J connectivity index is 1.91. The Morgan fingerprint density at radius 1 is 1.00 bits per heavy atom. The molecule has 160 valence electrons. The number of aryl methyl sites for hydroxylation is 1. The number of halogens is 1. The van der Waals surface area contributed by atoms with E-state index in [2.05, 4.69) is 5.32 Å². The third-order valence-corrected chi connectivity index (χ3v) is 5.35. The van der Waals surface area contributed by atoms with Gasteiger partial charge in [-0.1, -0.05) is 36.4 Å². The molecular weight excluding hydrogens is 423 g/mol. The Hall–Kier alpha value is -3.56. The number of carbonyl (C=O) groups excluding carboxylic acids is 2. The van der Waals surface area contributed by atoms with Crippen molar-refractivity contribution in [1.82, 2.24) is 0 Å². The summed E-state index contributed by atoms with van der Waals surface area (Å²) < 4.78 is 41.9. The van der Waals surface area contributed by atoms with Gasteiger partial charge in [-0.2, -0.15) is 0 Å². The fourth-order valence-electron chi connectivity index (χ4n) is 2.81. The summed E-state index contributed by atoms with van der Waals surface area (Å²) in [6.45, 7) is 1.60. The minimum absolute atomic E-state index is 0.0398. The molecule has 9 heteroatoms. The number of carbonyl (C=O) groups is 2. The van der Waals surface area contributed by atoms with Gasteiger partial charge in [0.15, 0.2) is 0 Å². The van der Waals surface area contributed by atoms with Crippen molar-refractivity contribution < 1.29 is 27.1 Å². The summed E-state index contributed by atoms with van der Waals surface area (Å²) in [5, 5.41) is 7.72. The van der Waals surface area contributed by atoms with Crippen LogP contribution in [0.1, 0.15) is 27.6 Å². The highest BCUT2D eigenvalue weighted by Gasteiger charge is 2.27. The van der Waals surface area contributed by atoms with Crippen LogP contribution < -0.4 is 10.5 Å². The number of esters is 1. The van der Waals surface area contributed by atoms with Gasteiger partial charge in [-0.05, 0) is 48.9 Å². The molecule has 1 unspecified atom stereocenters. The van der Waals surface area contributed by atoms with Gasteiger partial charge >= 0.3 is 5.97 Å². The Bertz CT molecular complexity index is 1210. The van der Waals surface area contributed by atoms with Crippen LogP contribution in [0, 0.1) is 12.7 Å². The molecule has 0 fully saturated rings. The van der Waals surface area contributed by atoms with Gasteiger partial charge in [0, 0.05) is 11.3 Å². The van der Waals surface area contributed by atoms with Crippen LogP contribution in [0.5, 0.6) is 0 Å². The number of anilines is 1. The fourth-order valence-corrected chi connectivity index (χ4v) is 3.35. The number of hydrogen-bond donors (Lipinski definition) is 2. The number of benzene rings is 3. The predicted molar refractivity (Wildman–Crippen MR) is 112 cm³/mol. The van der Waals surface area contributed by atoms with Crippen LogP contribution in [0.4, 0.5) is 10.1 Å². The second kappa shape index (κ2) is 9.07. The zero-order valence-electron chi connectivity index (χ0n) is 16.4. The smallest absolute Gasteiger partial charge is 0.339 e. The average molecular weight is 442 g/mol. The van der Waals surface area contributed by atoms with Gasteiger partial charge in [-0.15, -0.1) is 0 Å². The monoisotopic (exact) mass is 442 g/mol. The van der Waals surface area contributed by atoms with E-state index in [1.54, 1.807) is 37.3 Å². The van der Waals surface area contributed by atoms with Gasteiger partial charge in [0.2, 0.25) is 16.1 Å². The lowest BCUT2D eigenvalue weighted by Gasteiger charge is -2.19. The molecule has 7 nitrogen and oxygen atoms in total. The minimum atomic E-state index is -4.03. The summed E-state index contributed by atoms with van der Waals surface area (Å²) in [4.78, 5) is 25.5. The average Bonchev–Trinajstić information content (AvgIpc) is 2.73. The maximum atomic E-state index is 13.1. The Morgan fingerprint density at radius 3 is 2.26 bits per heavy atom. The molecule has 0 aliphatic heterocycles. The Kier molecular flexibility index (Phi) is 6.47. The van der Waals surface area contributed by atoms with Crippen LogP contribution in [-0.2, 0) is 19.6 Å². The summed E-state index contributed by atoms with van der Waals surface area (Å²) in [6, 6.07) is 17.2. The zero-order valence-corrected chi connectivity index (χ0v) is 17.2. The molecule has 0 radical (unpaired) electrons. The molecule has 1 amide bonds. The first-order valence-corrected chi connectivity index (χ1v) is 10.7. The highest BCUT2D eigenvalue weighted by molar-refractivity contribution is 7.89. The maximum absolute atomic E-state index is 13.1. The molecule has 0 saturated heterocycles. The van der Waals surface area contributed by atoms with Crippen LogP contribution in [0.3, 0.4) is 0 Å². The molecule has 3 aromatic rings. The van der Waals surface area contributed by atoms with E-state index in [4.69, 9.17) is 9.88 Å². The van der Waals surface area contributed by atoms with Crippen LogP contribution in [0.2, 0.25) is 0 Å². The lowest BCUT2D eigenvalue weighted by Crippen LogP contribution is -2.26. The highest BCUT2D eigenvalue weighted by Crippen LogP contribution is 2.24. The van der Waals surface area contributed by atoms with Gasteiger partial charge < -0.3 is 10.1 Å². The number of amides is 1. The molecule has 31 heavy (non-hydrogen) atoms. The van der Waals surface area contributed by atoms with Gasteiger partial charge in [0.1, 0.15) is 5.82 Å². The molecule has 0 aliphatic rings. The van der Waals surface area contributed by atoms with Crippen molar-refractivity contribution in [2.75, 3.05) is 5.32 Å². The van der Waals surface area contributed by atoms with E-state index in [9.17, 15) is 22.4 Å². The molecule has 3 aromatic carbocycles. The second-order valence-electron chi connectivity index (χ2n) is 6.71. The third-order valence-electron chi connectivity index (χ3n) is 4.43. The normalized spacial score (nSPS) is 12.1. The molecule has 3 rings (SSSR count). The number of rotatable bonds is 6. The molecule has 0 saturated carbocycles. The first-order valence-electron chi connectivity index (χ1n) is 9.11. The summed E-state index contributed by atoms with van der Waals surface area (Å²) >= 11 is 0. The highest BCUT2D eigenvalue weighted by atomic mass is 32.2. The van der Waals surface area contributed by atoms with Crippen molar-refractivity contribution in [1.29, 1.82) is 0 Å². The molecule has 0 heterocycles. The number of nitrogens with one attached hydrogen (secondary N) is 1. The molecule has 3 N–H and O–H groups in total. The minimum Gasteiger partial charge on any atom is -0.444 e. The molecule has 1 atom stereocenters. The second-order valence-corrected chi connectivity index (χ2v) is 8.28. The van der Waals surface area contributed by atoms with Crippen LogP contribution >= 0.6 is 0 Å². The molecule has 0 spiro atoms. The van der Waals surface area contributed by atoms with E-state index in [-0.39, 0.29) is 10.5 Å². The lowest BCUT2D eigenvalue weighted by molar-refractivity contribution is -0.125. The van der Waals surface area contributed by atoms with E-state index < -0.39 is 33.8 Å². The van der Waals surface area contributed by atoms with Gasteiger partial charge in [-0.3, -0.25) is 4.79 Å². The van der Waals surface area contributed by atoms with E-state index in [0.717, 1.165) is 6.07 Å². The number of ether oxygens (including phenoxy) is 1. The molecule has 0 aliphatic carbocycles. The third kappa shape index (κ3) is 5.53. The standard InChI is InChI=1S/C22H19FN2O5S/c1-14-7-12-18(31(24,28)29)13-19(14)22(27)30-20(15-5-3-2-4-6-15)21(26)25-17-10-8-16(23)9-11-17/h2-13,20H,1H3,(H,25,26)(H2,24,28,29). The van der Waals surface area contributed by atoms with Crippen molar-refractivity contribution >= 4 is 27.6 Å². The quantitative estimate of drug-likeness (QED) is 0.568. The molecule has 0 bridgehead atoms. The number of sulfonamides is 1. The zero-order chi connectivity index (χ0) is 22.6. The Morgan fingerprint density at radius 2 is 1.65 bits per heavy atom. The topological polar surface area (TPSA) is 116 Å². The number of primary sulfonamides is 1. The Labute approximate surface area is 178 Å². The first kappa shape index (κ1) is 22.1. The largest absolute Gasteiger partial charge is 0.444 e. The first-order chi connectivity index (χ1) is 14.6. The van der Waals surface area contributed by atoms with Crippen molar-refractivity contribution in [3.05, 3.63) is 95.3 Å². The van der Waals surface area contributed by atoms with E-state index in [0.29, 0.717) is 16.8 Å². The summed E-state index contributed by atoms with van der Waals surface area (Å²) in [7, 11) is -4.03. The number of nitrogens with two attached hydrogens (primary N) is 1. The lowest BCUT2D eigenvalue weighted by atomic mass is 10.1.